The number of nitrogens with one attached hydrogen (secondary N) is 2. The lowest BCUT2D eigenvalue weighted by Gasteiger charge is -2.17. The molecule has 0 aliphatic carbocycles. The summed E-state index contributed by atoms with van der Waals surface area (Å²) in [5.74, 6) is 0.284. The van der Waals surface area contributed by atoms with Crippen LogP contribution in [0.2, 0.25) is 0 Å². The van der Waals surface area contributed by atoms with Gasteiger partial charge in [0, 0.05) is 28.4 Å². The fraction of sp³-hybridized carbons (Fsp3) is 0.0500. The monoisotopic (exact) mass is 441 g/mol. The summed E-state index contributed by atoms with van der Waals surface area (Å²) in [5, 5.41) is 5.27. The number of allylic oxidation sites excluding steroid dienone is 1. The van der Waals surface area contributed by atoms with Crippen molar-refractivity contribution in [3.63, 3.8) is 0 Å². The second-order valence-corrected chi connectivity index (χ2v) is 8.42. The SMILES string of the molecule is O=S1(=O)N=C(Nc2ccc(Br)cc2)C=C(Cc2cccc3ccccc23)N1. The number of anilines is 1. The van der Waals surface area contributed by atoms with E-state index in [-0.39, 0.29) is 5.84 Å². The molecule has 0 unspecified atom stereocenters. The fourth-order valence-electron chi connectivity index (χ4n) is 3.02. The van der Waals surface area contributed by atoms with E-state index < -0.39 is 10.2 Å². The molecule has 3 aromatic carbocycles. The van der Waals surface area contributed by atoms with E-state index in [0.29, 0.717) is 12.1 Å². The molecule has 2 N–H and O–H groups in total. The molecule has 0 saturated heterocycles. The average molecular weight is 442 g/mol. The number of hydrogen-bond donors (Lipinski definition) is 2. The zero-order valence-corrected chi connectivity index (χ0v) is 16.6. The summed E-state index contributed by atoms with van der Waals surface area (Å²) < 4.78 is 31.6. The molecule has 3 aromatic rings. The Morgan fingerprint density at radius 2 is 1.70 bits per heavy atom. The predicted octanol–water partition coefficient (Wildman–Crippen LogP) is 4.39. The molecule has 4 rings (SSSR count). The molecule has 7 heteroatoms. The standard InChI is InChI=1S/C20H16BrN3O2S/c21-16-8-10-17(11-9-16)22-20-13-18(23-27(25,26)24-20)12-15-6-3-5-14-4-1-2-7-19(14)15/h1-11,13,23H,12H2,(H,22,24). The Bertz CT molecular complexity index is 1160. The van der Waals surface area contributed by atoms with Gasteiger partial charge in [0.25, 0.3) is 0 Å². The lowest BCUT2D eigenvalue weighted by atomic mass is 10.0. The molecular formula is C20H16BrN3O2S. The lowest BCUT2D eigenvalue weighted by Crippen LogP contribution is -2.30. The highest BCUT2D eigenvalue weighted by molar-refractivity contribution is 9.10. The molecule has 1 aliphatic heterocycles. The van der Waals surface area contributed by atoms with Crippen molar-refractivity contribution >= 4 is 48.4 Å². The van der Waals surface area contributed by atoms with Gasteiger partial charge in [0.05, 0.1) is 0 Å². The Morgan fingerprint density at radius 3 is 2.52 bits per heavy atom. The van der Waals surface area contributed by atoms with Crippen LogP contribution in [-0.2, 0) is 16.6 Å². The van der Waals surface area contributed by atoms with Crippen LogP contribution < -0.4 is 10.0 Å². The normalized spacial score (nSPS) is 15.6. The number of halogens is 1. The van der Waals surface area contributed by atoms with Gasteiger partial charge in [-0.3, -0.25) is 4.72 Å². The van der Waals surface area contributed by atoms with E-state index in [4.69, 9.17) is 0 Å². The second kappa shape index (κ2) is 7.17. The predicted molar refractivity (Wildman–Crippen MR) is 113 cm³/mol. The largest absolute Gasteiger partial charge is 0.343 e. The van der Waals surface area contributed by atoms with Crippen molar-refractivity contribution in [3.05, 3.63) is 88.5 Å². The van der Waals surface area contributed by atoms with Crippen LogP contribution in [-0.4, -0.2) is 14.3 Å². The van der Waals surface area contributed by atoms with Crippen LogP contribution in [0.3, 0.4) is 0 Å². The summed E-state index contributed by atoms with van der Waals surface area (Å²) in [4.78, 5) is 0. The van der Waals surface area contributed by atoms with Gasteiger partial charge < -0.3 is 5.32 Å². The average Bonchev–Trinajstić information content (AvgIpc) is 2.63. The Hall–Kier alpha value is -2.64. The summed E-state index contributed by atoms with van der Waals surface area (Å²) in [7, 11) is -3.78. The molecule has 0 radical (unpaired) electrons. The van der Waals surface area contributed by atoms with Crippen molar-refractivity contribution < 1.29 is 8.42 Å². The Morgan fingerprint density at radius 1 is 0.963 bits per heavy atom. The molecule has 27 heavy (non-hydrogen) atoms. The van der Waals surface area contributed by atoms with Gasteiger partial charge in [-0.15, -0.1) is 4.40 Å². The summed E-state index contributed by atoms with van der Waals surface area (Å²) >= 11 is 3.38. The fourth-order valence-corrected chi connectivity index (χ4v) is 4.15. The number of benzene rings is 3. The first-order valence-corrected chi connectivity index (χ1v) is 10.5. The van der Waals surface area contributed by atoms with E-state index in [0.717, 1.165) is 26.5 Å². The van der Waals surface area contributed by atoms with Crippen LogP contribution >= 0.6 is 15.9 Å². The molecule has 1 aliphatic rings. The molecule has 136 valence electrons. The number of amidine groups is 1. The molecule has 0 amide bonds. The first-order valence-electron chi connectivity index (χ1n) is 8.31. The Kier molecular flexibility index (Phi) is 4.72. The van der Waals surface area contributed by atoms with Gasteiger partial charge in [-0.1, -0.05) is 58.4 Å². The molecule has 5 nitrogen and oxygen atoms in total. The van der Waals surface area contributed by atoms with Crippen molar-refractivity contribution in [2.24, 2.45) is 4.40 Å². The van der Waals surface area contributed by atoms with Crippen molar-refractivity contribution in [2.45, 2.75) is 6.42 Å². The van der Waals surface area contributed by atoms with Gasteiger partial charge >= 0.3 is 10.2 Å². The topological polar surface area (TPSA) is 70.6 Å². The van der Waals surface area contributed by atoms with Gasteiger partial charge in [0.2, 0.25) is 0 Å². The van der Waals surface area contributed by atoms with Gasteiger partial charge in [0.1, 0.15) is 5.84 Å². The highest BCUT2D eigenvalue weighted by Gasteiger charge is 2.19. The van der Waals surface area contributed by atoms with Gasteiger partial charge in [-0.2, -0.15) is 8.42 Å². The first-order chi connectivity index (χ1) is 13.0. The van der Waals surface area contributed by atoms with Crippen LogP contribution in [0.4, 0.5) is 5.69 Å². The number of nitrogens with zero attached hydrogens (tertiary/aromatic N) is 1. The third-order valence-corrected chi connectivity index (χ3v) is 5.65. The highest BCUT2D eigenvalue weighted by atomic mass is 79.9. The number of rotatable bonds is 3. The van der Waals surface area contributed by atoms with Crippen molar-refractivity contribution in [1.29, 1.82) is 0 Å². The molecule has 0 bridgehead atoms. The second-order valence-electron chi connectivity index (χ2n) is 6.17. The molecule has 0 atom stereocenters. The van der Waals surface area contributed by atoms with Gasteiger partial charge in [0.15, 0.2) is 0 Å². The van der Waals surface area contributed by atoms with E-state index in [1.807, 2.05) is 66.7 Å². The van der Waals surface area contributed by atoms with Crippen molar-refractivity contribution in [2.75, 3.05) is 5.32 Å². The van der Waals surface area contributed by atoms with Crippen LogP contribution in [0.25, 0.3) is 10.8 Å². The van der Waals surface area contributed by atoms with Crippen LogP contribution in [0.1, 0.15) is 5.56 Å². The lowest BCUT2D eigenvalue weighted by molar-refractivity contribution is 0.589. The minimum absolute atomic E-state index is 0.284. The van der Waals surface area contributed by atoms with E-state index in [2.05, 4.69) is 30.4 Å². The maximum atomic E-state index is 12.2. The highest BCUT2D eigenvalue weighted by Crippen LogP contribution is 2.22. The molecule has 0 saturated carbocycles. The Labute approximate surface area is 166 Å². The summed E-state index contributed by atoms with van der Waals surface area (Å²) in [6, 6.07) is 21.5. The summed E-state index contributed by atoms with van der Waals surface area (Å²) in [6.07, 6.45) is 2.19. The van der Waals surface area contributed by atoms with Crippen LogP contribution in [0.5, 0.6) is 0 Å². The number of hydrogen-bond acceptors (Lipinski definition) is 3. The molecular weight excluding hydrogens is 426 g/mol. The quantitative estimate of drug-likeness (QED) is 0.632. The van der Waals surface area contributed by atoms with Crippen LogP contribution in [0, 0.1) is 0 Å². The zero-order chi connectivity index (χ0) is 18.9. The van der Waals surface area contributed by atoms with E-state index >= 15 is 0 Å². The van der Waals surface area contributed by atoms with Gasteiger partial charge in [-0.05, 0) is 40.6 Å². The summed E-state index contributed by atoms with van der Waals surface area (Å²) in [6.45, 7) is 0. The van der Waals surface area contributed by atoms with Crippen LogP contribution in [0.15, 0.2) is 87.4 Å². The van der Waals surface area contributed by atoms with E-state index in [1.54, 1.807) is 6.08 Å². The Balaban J connectivity index is 1.64. The first kappa shape index (κ1) is 17.8. The van der Waals surface area contributed by atoms with Crippen molar-refractivity contribution in [1.82, 2.24) is 4.72 Å². The summed E-state index contributed by atoms with van der Waals surface area (Å²) in [5.41, 5.74) is 2.38. The third kappa shape index (κ3) is 4.20. The maximum absolute atomic E-state index is 12.2. The molecule has 0 aromatic heterocycles. The smallest absolute Gasteiger partial charge is 0.339 e. The minimum atomic E-state index is -3.78. The van der Waals surface area contributed by atoms with Gasteiger partial charge in [-0.25, -0.2) is 0 Å². The van der Waals surface area contributed by atoms with E-state index in [9.17, 15) is 8.42 Å². The zero-order valence-electron chi connectivity index (χ0n) is 14.2. The maximum Gasteiger partial charge on any atom is 0.343 e. The molecule has 1 heterocycles. The number of fused-ring (bicyclic) bond motifs is 1. The van der Waals surface area contributed by atoms with Crippen molar-refractivity contribution in [3.8, 4) is 0 Å². The molecule has 0 fully saturated rings. The minimum Gasteiger partial charge on any atom is -0.339 e. The molecule has 0 spiro atoms. The third-order valence-electron chi connectivity index (χ3n) is 4.17. The van der Waals surface area contributed by atoms with E-state index in [1.165, 1.54) is 0 Å².